The van der Waals surface area contributed by atoms with Gasteiger partial charge in [-0.15, -0.1) is 0 Å². The van der Waals surface area contributed by atoms with Gasteiger partial charge < -0.3 is 14.8 Å². The van der Waals surface area contributed by atoms with Crippen LogP contribution in [0.15, 0.2) is 24.3 Å². The molecule has 0 radical (unpaired) electrons. The molecule has 0 aliphatic heterocycles. The van der Waals surface area contributed by atoms with Crippen molar-refractivity contribution in [1.82, 2.24) is 5.32 Å². The van der Waals surface area contributed by atoms with Crippen molar-refractivity contribution in [2.24, 2.45) is 0 Å². The number of hydrogen-bond acceptors (Lipinski definition) is 3. The molecule has 3 nitrogen and oxygen atoms in total. The van der Waals surface area contributed by atoms with Gasteiger partial charge in [0.25, 0.3) is 0 Å². The van der Waals surface area contributed by atoms with Gasteiger partial charge in [-0.3, -0.25) is 0 Å². The normalized spacial score (nSPS) is 16.3. The summed E-state index contributed by atoms with van der Waals surface area (Å²) >= 11 is 0. The van der Waals surface area contributed by atoms with Gasteiger partial charge in [0.05, 0.1) is 6.10 Å². The average Bonchev–Trinajstić information content (AvgIpc) is 3.23. The predicted octanol–water partition coefficient (Wildman–Crippen LogP) is 3.31. The Labute approximate surface area is 116 Å². The molecule has 0 aromatic heterocycles. The first-order chi connectivity index (χ1) is 9.33. The summed E-state index contributed by atoms with van der Waals surface area (Å²) in [4.78, 5) is 0. The van der Waals surface area contributed by atoms with Crippen LogP contribution in [-0.2, 0) is 4.74 Å². The highest BCUT2D eigenvalue weighted by Gasteiger charge is 2.23. The van der Waals surface area contributed by atoms with Gasteiger partial charge in [-0.25, -0.2) is 0 Å². The maximum absolute atomic E-state index is 5.77. The van der Waals surface area contributed by atoms with Gasteiger partial charge in [0.15, 0.2) is 0 Å². The Morgan fingerprint density at radius 1 is 1.21 bits per heavy atom. The average molecular weight is 263 g/mol. The lowest BCUT2D eigenvalue weighted by Crippen LogP contribution is -2.22. The second-order valence-electron chi connectivity index (χ2n) is 4.98. The molecule has 1 saturated carbocycles. The monoisotopic (exact) mass is 263 g/mol. The Morgan fingerprint density at radius 3 is 2.53 bits per heavy atom. The van der Waals surface area contributed by atoms with Gasteiger partial charge in [0.1, 0.15) is 5.75 Å². The minimum atomic E-state index is 0.367. The zero-order valence-corrected chi connectivity index (χ0v) is 12.0. The first kappa shape index (κ1) is 14.4. The number of ether oxygens (including phenoxy) is 2. The van der Waals surface area contributed by atoms with E-state index in [2.05, 4.69) is 36.5 Å². The molecule has 1 atom stereocenters. The second-order valence-corrected chi connectivity index (χ2v) is 4.98. The molecule has 0 spiro atoms. The van der Waals surface area contributed by atoms with Crippen molar-refractivity contribution in [2.45, 2.75) is 45.3 Å². The zero-order chi connectivity index (χ0) is 13.5. The fourth-order valence-corrected chi connectivity index (χ4v) is 2.14. The van der Waals surface area contributed by atoms with Crippen LogP contribution in [0.1, 0.15) is 44.7 Å². The fraction of sp³-hybridized carbons (Fsp3) is 0.625. The van der Waals surface area contributed by atoms with Gasteiger partial charge >= 0.3 is 0 Å². The lowest BCUT2D eigenvalue weighted by molar-refractivity contribution is 0.136. The first-order valence-electron chi connectivity index (χ1n) is 7.41. The van der Waals surface area contributed by atoms with Gasteiger partial charge in [-0.2, -0.15) is 0 Å². The lowest BCUT2D eigenvalue weighted by Gasteiger charge is -2.18. The van der Waals surface area contributed by atoms with E-state index in [4.69, 9.17) is 9.47 Å². The van der Waals surface area contributed by atoms with Gasteiger partial charge in [0, 0.05) is 19.3 Å². The second kappa shape index (κ2) is 7.51. The zero-order valence-electron chi connectivity index (χ0n) is 12.0. The quantitative estimate of drug-likeness (QED) is 0.693. The van der Waals surface area contributed by atoms with E-state index in [9.17, 15) is 0 Å². The maximum atomic E-state index is 5.77. The molecule has 1 fully saturated rings. The van der Waals surface area contributed by atoms with Crippen molar-refractivity contribution in [3.63, 3.8) is 0 Å². The summed E-state index contributed by atoms with van der Waals surface area (Å²) in [6, 6.07) is 8.86. The van der Waals surface area contributed by atoms with Crippen LogP contribution in [0.5, 0.6) is 5.75 Å². The summed E-state index contributed by atoms with van der Waals surface area (Å²) in [6.45, 7) is 6.73. The molecule has 106 valence electrons. The molecular formula is C16H25NO2. The predicted molar refractivity (Wildman–Crippen MR) is 77.6 cm³/mol. The van der Waals surface area contributed by atoms with E-state index in [1.165, 1.54) is 18.4 Å². The Balaban J connectivity index is 1.90. The maximum Gasteiger partial charge on any atom is 0.119 e. The molecule has 1 aliphatic rings. The van der Waals surface area contributed by atoms with Crippen LogP contribution in [0, 0.1) is 0 Å². The molecule has 0 bridgehead atoms. The lowest BCUT2D eigenvalue weighted by atomic mass is 10.0. The van der Waals surface area contributed by atoms with Crippen molar-refractivity contribution >= 4 is 0 Å². The SMILES string of the molecule is CCNC(CCOCC)c1ccc(OC2CC2)cc1. The third kappa shape index (κ3) is 4.84. The van der Waals surface area contributed by atoms with Gasteiger partial charge in [0.2, 0.25) is 0 Å². The molecular weight excluding hydrogens is 238 g/mol. The Morgan fingerprint density at radius 2 is 1.95 bits per heavy atom. The van der Waals surface area contributed by atoms with Crippen LogP contribution in [-0.4, -0.2) is 25.9 Å². The number of hydrogen-bond donors (Lipinski definition) is 1. The summed E-state index contributed by atoms with van der Waals surface area (Å²) in [6.07, 6.45) is 3.88. The van der Waals surface area contributed by atoms with Crippen LogP contribution in [0.2, 0.25) is 0 Å². The molecule has 1 unspecified atom stereocenters. The number of benzene rings is 1. The van der Waals surface area contributed by atoms with E-state index in [1.807, 2.05) is 6.92 Å². The van der Waals surface area contributed by atoms with E-state index in [1.54, 1.807) is 0 Å². The largest absolute Gasteiger partial charge is 0.490 e. The smallest absolute Gasteiger partial charge is 0.119 e. The van der Waals surface area contributed by atoms with E-state index in [0.29, 0.717) is 12.1 Å². The highest BCUT2D eigenvalue weighted by Crippen LogP contribution is 2.28. The molecule has 0 amide bonds. The third-order valence-electron chi connectivity index (χ3n) is 3.32. The van der Waals surface area contributed by atoms with Crippen LogP contribution in [0.3, 0.4) is 0 Å². The van der Waals surface area contributed by atoms with E-state index < -0.39 is 0 Å². The van der Waals surface area contributed by atoms with Crippen molar-refractivity contribution < 1.29 is 9.47 Å². The third-order valence-corrected chi connectivity index (χ3v) is 3.32. The van der Waals surface area contributed by atoms with Crippen LogP contribution in [0.25, 0.3) is 0 Å². The van der Waals surface area contributed by atoms with Crippen molar-refractivity contribution in [3.05, 3.63) is 29.8 Å². The minimum Gasteiger partial charge on any atom is -0.490 e. The van der Waals surface area contributed by atoms with Crippen LogP contribution < -0.4 is 10.1 Å². The highest BCUT2D eigenvalue weighted by molar-refractivity contribution is 5.29. The summed E-state index contributed by atoms with van der Waals surface area (Å²) in [7, 11) is 0. The van der Waals surface area contributed by atoms with E-state index in [-0.39, 0.29) is 0 Å². The summed E-state index contributed by atoms with van der Waals surface area (Å²) < 4.78 is 11.2. The molecule has 2 rings (SSSR count). The number of nitrogens with one attached hydrogen (secondary N) is 1. The summed E-state index contributed by atoms with van der Waals surface area (Å²) in [5, 5.41) is 3.51. The molecule has 1 aromatic carbocycles. The van der Waals surface area contributed by atoms with Gasteiger partial charge in [-0.05, 0) is 50.4 Å². The van der Waals surface area contributed by atoms with E-state index >= 15 is 0 Å². The molecule has 1 N–H and O–H groups in total. The molecule has 0 heterocycles. The Hall–Kier alpha value is -1.06. The van der Waals surface area contributed by atoms with Crippen molar-refractivity contribution in [1.29, 1.82) is 0 Å². The minimum absolute atomic E-state index is 0.367. The highest BCUT2D eigenvalue weighted by atomic mass is 16.5. The molecule has 0 saturated heterocycles. The van der Waals surface area contributed by atoms with Crippen molar-refractivity contribution in [3.8, 4) is 5.75 Å². The van der Waals surface area contributed by atoms with Crippen LogP contribution in [0.4, 0.5) is 0 Å². The molecule has 19 heavy (non-hydrogen) atoms. The fourth-order valence-electron chi connectivity index (χ4n) is 2.14. The first-order valence-corrected chi connectivity index (χ1v) is 7.41. The topological polar surface area (TPSA) is 30.5 Å². The van der Waals surface area contributed by atoms with Crippen molar-refractivity contribution in [2.75, 3.05) is 19.8 Å². The number of rotatable bonds is 9. The molecule has 1 aliphatic carbocycles. The molecule has 1 aromatic rings. The standard InChI is InChI=1S/C16H25NO2/c1-3-17-16(11-12-18-4-2)13-5-7-14(8-6-13)19-15-9-10-15/h5-8,15-17H,3-4,9-12H2,1-2H3. The van der Waals surface area contributed by atoms with E-state index in [0.717, 1.165) is 31.9 Å². The van der Waals surface area contributed by atoms with Crippen LogP contribution >= 0.6 is 0 Å². The van der Waals surface area contributed by atoms with Gasteiger partial charge in [-0.1, -0.05) is 19.1 Å². The molecule has 3 heteroatoms. The Kier molecular flexibility index (Phi) is 5.67. The Bertz CT molecular complexity index is 360. The summed E-state index contributed by atoms with van der Waals surface area (Å²) in [5.74, 6) is 0.992. The summed E-state index contributed by atoms with van der Waals surface area (Å²) in [5.41, 5.74) is 1.31.